The molecule has 1 N–H and O–H groups in total. The minimum Gasteiger partial charge on any atom is -0.352 e. The molecule has 5 nitrogen and oxygen atoms in total. The molecule has 0 aromatic carbocycles. The summed E-state index contributed by atoms with van der Waals surface area (Å²) in [5, 5.41) is 3.43. The molecule has 1 aliphatic heterocycles. The second kappa shape index (κ2) is 7.71. The van der Waals surface area contributed by atoms with Gasteiger partial charge in [0.25, 0.3) is 0 Å². The summed E-state index contributed by atoms with van der Waals surface area (Å²) in [6, 6.07) is 0.577. The third kappa shape index (κ3) is 4.64. The molecule has 0 bridgehead atoms. The monoisotopic (exact) mass is 291 g/mol. The Hall–Kier alpha value is -1.20. The van der Waals surface area contributed by atoms with Crippen LogP contribution in [0.2, 0.25) is 0 Å². The Kier molecular flexibility index (Phi) is 5.94. The lowest BCUT2D eigenvalue weighted by Gasteiger charge is -2.39. The highest BCUT2D eigenvalue weighted by Gasteiger charge is 2.23. The molecule has 2 heterocycles. The van der Waals surface area contributed by atoms with E-state index in [-0.39, 0.29) is 0 Å². The smallest absolute Gasteiger partial charge is 0.147 e. The van der Waals surface area contributed by atoms with Crippen molar-refractivity contribution in [1.29, 1.82) is 0 Å². The molecule has 0 radical (unpaired) electrons. The van der Waals surface area contributed by atoms with E-state index < -0.39 is 0 Å². The minimum atomic E-state index is 0.577. The molecular weight excluding hydrogens is 262 g/mol. The van der Waals surface area contributed by atoms with Gasteiger partial charge in [0, 0.05) is 38.4 Å². The van der Waals surface area contributed by atoms with E-state index in [9.17, 15) is 0 Å². The van der Waals surface area contributed by atoms with Crippen molar-refractivity contribution in [1.82, 2.24) is 20.2 Å². The van der Waals surface area contributed by atoms with Crippen molar-refractivity contribution in [2.24, 2.45) is 5.92 Å². The first-order valence-corrected chi connectivity index (χ1v) is 8.10. The first-order chi connectivity index (χ1) is 10.1. The standard InChI is InChI=1S/C16H29N5/c1-5-20-6-7-21(12-14(20)4)16-11-18-10-15(19-16)9-17-8-13(2)3/h10-11,13-14,17H,5-9,12H2,1-4H3. The van der Waals surface area contributed by atoms with Gasteiger partial charge in [0.1, 0.15) is 5.82 Å². The third-order valence-electron chi connectivity index (χ3n) is 4.03. The Balaban J connectivity index is 1.94. The summed E-state index contributed by atoms with van der Waals surface area (Å²) in [4.78, 5) is 14.0. The van der Waals surface area contributed by atoms with Gasteiger partial charge in [-0.3, -0.25) is 9.88 Å². The summed E-state index contributed by atoms with van der Waals surface area (Å²) in [6.45, 7) is 15.1. The number of anilines is 1. The van der Waals surface area contributed by atoms with E-state index in [1.165, 1.54) is 0 Å². The molecule has 0 amide bonds. The average molecular weight is 291 g/mol. The topological polar surface area (TPSA) is 44.3 Å². The van der Waals surface area contributed by atoms with E-state index in [1.54, 1.807) is 0 Å². The molecule has 5 heteroatoms. The summed E-state index contributed by atoms with van der Waals surface area (Å²) in [5.41, 5.74) is 1.03. The van der Waals surface area contributed by atoms with Gasteiger partial charge in [-0.1, -0.05) is 20.8 Å². The zero-order chi connectivity index (χ0) is 15.2. The predicted octanol–water partition coefficient (Wildman–Crippen LogP) is 1.75. The molecule has 1 fully saturated rings. The van der Waals surface area contributed by atoms with Crippen molar-refractivity contribution in [2.75, 3.05) is 37.6 Å². The SMILES string of the molecule is CCN1CCN(c2cncc(CNCC(C)C)n2)CC1C. The third-order valence-corrected chi connectivity index (χ3v) is 4.03. The second-order valence-corrected chi connectivity index (χ2v) is 6.32. The maximum Gasteiger partial charge on any atom is 0.147 e. The van der Waals surface area contributed by atoms with E-state index in [0.29, 0.717) is 12.0 Å². The number of piperazine rings is 1. The highest BCUT2D eigenvalue weighted by molar-refractivity contribution is 5.37. The lowest BCUT2D eigenvalue weighted by atomic mass is 10.2. The Morgan fingerprint density at radius 1 is 1.33 bits per heavy atom. The number of hydrogen-bond acceptors (Lipinski definition) is 5. The summed E-state index contributed by atoms with van der Waals surface area (Å²) < 4.78 is 0. The Bertz CT molecular complexity index is 434. The van der Waals surface area contributed by atoms with Crippen LogP contribution in [0.25, 0.3) is 0 Å². The zero-order valence-corrected chi connectivity index (χ0v) is 13.8. The number of likely N-dealkylation sites (N-methyl/N-ethyl adjacent to an activating group) is 1. The van der Waals surface area contributed by atoms with Crippen LogP contribution in [0.1, 0.15) is 33.4 Å². The molecule has 0 saturated carbocycles. The lowest BCUT2D eigenvalue weighted by Crippen LogP contribution is -2.52. The van der Waals surface area contributed by atoms with Crippen molar-refractivity contribution in [3.05, 3.63) is 18.1 Å². The Labute approximate surface area is 128 Å². The van der Waals surface area contributed by atoms with E-state index in [4.69, 9.17) is 4.98 Å². The largest absolute Gasteiger partial charge is 0.352 e. The fraction of sp³-hybridized carbons (Fsp3) is 0.750. The van der Waals surface area contributed by atoms with Crippen molar-refractivity contribution in [3.8, 4) is 0 Å². The number of nitrogens with one attached hydrogen (secondary N) is 1. The normalized spacial score (nSPS) is 20.2. The van der Waals surface area contributed by atoms with Crippen LogP contribution >= 0.6 is 0 Å². The quantitative estimate of drug-likeness (QED) is 0.865. The van der Waals surface area contributed by atoms with Gasteiger partial charge in [-0.25, -0.2) is 4.98 Å². The van der Waals surface area contributed by atoms with Crippen molar-refractivity contribution < 1.29 is 0 Å². The highest BCUT2D eigenvalue weighted by atomic mass is 15.3. The van der Waals surface area contributed by atoms with Gasteiger partial charge in [-0.15, -0.1) is 0 Å². The van der Waals surface area contributed by atoms with Crippen molar-refractivity contribution in [3.63, 3.8) is 0 Å². The molecule has 2 rings (SSSR count). The number of aromatic nitrogens is 2. The van der Waals surface area contributed by atoms with Crippen LogP contribution in [-0.4, -0.2) is 53.6 Å². The van der Waals surface area contributed by atoms with Crippen LogP contribution in [0.5, 0.6) is 0 Å². The summed E-state index contributed by atoms with van der Waals surface area (Å²) in [6.07, 6.45) is 3.75. The van der Waals surface area contributed by atoms with E-state index in [0.717, 1.165) is 50.8 Å². The van der Waals surface area contributed by atoms with Gasteiger partial charge in [0.05, 0.1) is 11.9 Å². The van der Waals surface area contributed by atoms with E-state index >= 15 is 0 Å². The van der Waals surface area contributed by atoms with E-state index in [1.807, 2.05) is 12.4 Å². The molecular formula is C16H29N5. The average Bonchev–Trinajstić information content (AvgIpc) is 2.47. The fourth-order valence-corrected chi connectivity index (χ4v) is 2.79. The molecule has 1 aromatic heterocycles. The number of rotatable bonds is 6. The Morgan fingerprint density at radius 3 is 2.81 bits per heavy atom. The van der Waals surface area contributed by atoms with Crippen LogP contribution < -0.4 is 10.2 Å². The van der Waals surface area contributed by atoms with Crippen LogP contribution in [0.3, 0.4) is 0 Å². The first-order valence-electron chi connectivity index (χ1n) is 8.10. The second-order valence-electron chi connectivity index (χ2n) is 6.32. The predicted molar refractivity (Wildman–Crippen MR) is 87.5 cm³/mol. The van der Waals surface area contributed by atoms with Gasteiger partial charge >= 0.3 is 0 Å². The highest BCUT2D eigenvalue weighted by Crippen LogP contribution is 2.16. The van der Waals surface area contributed by atoms with Crippen molar-refractivity contribution >= 4 is 5.82 Å². The molecule has 1 aliphatic rings. The fourth-order valence-electron chi connectivity index (χ4n) is 2.79. The lowest BCUT2D eigenvalue weighted by molar-refractivity contribution is 0.199. The summed E-state index contributed by atoms with van der Waals surface area (Å²) in [5.74, 6) is 1.67. The van der Waals surface area contributed by atoms with Crippen LogP contribution in [0.4, 0.5) is 5.82 Å². The Morgan fingerprint density at radius 2 is 2.14 bits per heavy atom. The zero-order valence-electron chi connectivity index (χ0n) is 13.8. The first kappa shape index (κ1) is 16.2. The summed E-state index contributed by atoms with van der Waals surface area (Å²) in [7, 11) is 0. The summed E-state index contributed by atoms with van der Waals surface area (Å²) >= 11 is 0. The molecule has 118 valence electrons. The molecule has 0 aliphatic carbocycles. The van der Waals surface area contributed by atoms with Gasteiger partial charge in [0.2, 0.25) is 0 Å². The van der Waals surface area contributed by atoms with Gasteiger partial charge in [0.15, 0.2) is 0 Å². The van der Waals surface area contributed by atoms with Gasteiger partial charge < -0.3 is 10.2 Å². The molecule has 21 heavy (non-hydrogen) atoms. The van der Waals surface area contributed by atoms with Crippen LogP contribution in [0.15, 0.2) is 12.4 Å². The maximum absolute atomic E-state index is 4.76. The van der Waals surface area contributed by atoms with Crippen molar-refractivity contribution in [2.45, 2.75) is 40.3 Å². The molecule has 1 unspecified atom stereocenters. The van der Waals surface area contributed by atoms with E-state index in [2.05, 4.69) is 47.8 Å². The maximum atomic E-state index is 4.76. The minimum absolute atomic E-state index is 0.577. The number of hydrogen-bond donors (Lipinski definition) is 1. The molecule has 1 saturated heterocycles. The van der Waals surface area contributed by atoms with Crippen LogP contribution in [-0.2, 0) is 6.54 Å². The van der Waals surface area contributed by atoms with Crippen LogP contribution in [0, 0.1) is 5.92 Å². The van der Waals surface area contributed by atoms with Gasteiger partial charge in [-0.05, 0) is 25.9 Å². The molecule has 1 aromatic rings. The molecule has 0 spiro atoms. The number of nitrogens with zero attached hydrogens (tertiary/aromatic N) is 4. The molecule has 1 atom stereocenters. The van der Waals surface area contributed by atoms with Gasteiger partial charge in [-0.2, -0.15) is 0 Å².